The average Bonchev–Trinajstić information content (AvgIpc) is 2.32. The van der Waals surface area contributed by atoms with Gasteiger partial charge in [-0.3, -0.25) is 0 Å². The van der Waals surface area contributed by atoms with Gasteiger partial charge in [-0.25, -0.2) is 4.39 Å². The fourth-order valence-electron chi connectivity index (χ4n) is 1.70. The molecule has 0 fully saturated rings. The molecule has 1 atom stereocenters. The Hall–Kier alpha value is -0.0600. The van der Waals surface area contributed by atoms with E-state index in [1.807, 2.05) is 23.9 Å². The zero-order valence-electron chi connectivity index (χ0n) is 12.1. The minimum Gasteiger partial charge on any atom is -0.309 e. The molecule has 19 heavy (non-hydrogen) atoms. The first-order valence-electron chi connectivity index (χ1n) is 6.66. The summed E-state index contributed by atoms with van der Waals surface area (Å²) in [5.41, 5.74) is 0.750. The van der Waals surface area contributed by atoms with Crippen LogP contribution in [0.4, 0.5) is 4.39 Å². The van der Waals surface area contributed by atoms with Crippen LogP contribution in [-0.2, 0) is 0 Å². The summed E-state index contributed by atoms with van der Waals surface area (Å²) in [4.78, 5) is 0. The van der Waals surface area contributed by atoms with Crippen molar-refractivity contribution in [2.45, 2.75) is 44.9 Å². The van der Waals surface area contributed by atoms with E-state index in [2.05, 4.69) is 48.9 Å². The summed E-state index contributed by atoms with van der Waals surface area (Å²) in [6.07, 6.45) is 1.05. The lowest BCUT2D eigenvalue weighted by atomic mass is 10.1. The number of nitrogens with one attached hydrogen (secondary N) is 1. The first-order valence-corrected chi connectivity index (χ1v) is 8.44. The van der Waals surface area contributed by atoms with Crippen molar-refractivity contribution in [3.05, 3.63) is 34.1 Å². The molecular formula is C15H23BrFNS. The monoisotopic (exact) mass is 347 g/mol. The molecule has 0 aliphatic rings. The second-order valence-electron chi connectivity index (χ2n) is 5.57. The Bertz CT molecular complexity index is 404. The molecule has 0 aliphatic carbocycles. The van der Waals surface area contributed by atoms with Crippen LogP contribution in [0.3, 0.4) is 0 Å². The molecule has 1 unspecified atom stereocenters. The van der Waals surface area contributed by atoms with E-state index in [0.717, 1.165) is 24.3 Å². The quantitative estimate of drug-likeness (QED) is 0.762. The lowest BCUT2D eigenvalue weighted by Crippen LogP contribution is -2.26. The van der Waals surface area contributed by atoms with Gasteiger partial charge in [0.05, 0.1) is 4.47 Å². The molecule has 0 spiro atoms. The van der Waals surface area contributed by atoms with Crippen molar-refractivity contribution in [3.8, 4) is 0 Å². The molecule has 0 amide bonds. The van der Waals surface area contributed by atoms with Crippen molar-refractivity contribution in [1.29, 1.82) is 0 Å². The van der Waals surface area contributed by atoms with Gasteiger partial charge >= 0.3 is 0 Å². The molecule has 0 aliphatic heterocycles. The van der Waals surface area contributed by atoms with E-state index in [1.54, 1.807) is 6.07 Å². The molecule has 1 nitrogen and oxygen atoms in total. The molecule has 108 valence electrons. The molecule has 0 bridgehead atoms. The Morgan fingerprint density at radius 2 is 2.05 bits per heavy atom. The highest BCUT2D eigenvalue weighted by atomic mass is 79.9. The molecule has 0 saturated heterocycles. The van der Waals surface area contributed by atoms with Crippen LogP contribution in [-0.4, -0.2) is 17.0 Å². The highest BCUT2D eigenvalue weighted by Gasteiger charge is 2.20. The van der Waals surface area contributed by atoms with Gasteiger partial charge in [0.1, 0.15) is 5.82 Å². The molecule has 4 heteroatoms. The maximum atomic E-state index is 14.2. The summed E-state index contributed by atoms with van der Waals surface area (Å²) >= 11 is 5.12. The molecule has 0 saturated carbocycles. The SMILES string of the molecule is CCCNC(CSC(C)(C)C)c1cccc(Br)c1F. The summed E-state index contributed by atoms with van der Waals surface area (Å²) < 4.78 is 14.9. The van der Waals surface area contributed by atoms with Gasteiger partial charge in [0.15, 0.2) is 0 Å². The second kappa shape index (κ2) is 7.65. The zero-order chi connectivity index (χ0) is 14.5. The number of hydrogen-bond acceptors (Lipinski definition) is 2. The maximum absolute atomic E-state index is 14.2. The Labute approximate surface area is 128 Å². The third-order valence-corrected chi connectivity index (χ3v) is 4.66. The van der Waals surface area contributed by atoms with Gasteiger partial charge in [-0.05, 0) is 35.0 Å². The minimum absolute atomic E-state index is 0.0571. The predicted octanol–water partition coefficient (Wildman–Crippen LogP) is 5.16. The van der Waals surface area contributed by atoms with Gasteiger partial charge in [-0.15, -0.1) is 0 Å². The predicted molar refractivity (Wildman–Crippen MR) is 87.3 cm³/mol. The standard InChI is InChI=1S/C15H23BrFNS/c1-5-9-18-13(10-19-15(2,3)4)11-7-6-8-12(16)14(11)17/h6-8,13,18H,5,9-10H2,1-4H3. The van der Waals surface area contributed by atoms with Crippen LogP contribution in [0.2, 0.25) is 0 Å². The van der Waals surface area contributed by atoms with E-state index in [1.165, 1.54) is 0 Å². The Morgan fingerprint density at radius 3 is 2.63 bits per heavy atom. The number of thioether (sulfide) groups is 1. The van der Waals surface area contributed by atoms with Gasteiger partial charge < -0.3 is 5.32 Å². The summed E-state index contributed by atoms with van der Waals surface area (Å²) in [5, 5.41) is 3.44. The third-order valence-electron chi connectivity index (χ3n) is 2.68. The van der Waals surface area contributed by atoms with E-state index in [9.17, 15) is 4.39 Å². The number of halogens is 2. The molecule has 1 aromatic carbocycles. The normalized spacial score (nSPS) is 13.6. The van der Waals surface area contributed by atoms with E-state index in [-0.39, 0.29) is 16.6 Å². The third kappa shape index (κ3) is 5.84. The first kappa shape index (κ1) is 17.0. The fourth-order valence-corrected chi connectivity index (χ4v) is 3.05. The van der Waals surface area contributed by atoms with E-state index in [4.69, 9.17) is 0 Å². The van der Waals surface area contributed by atoms with Crippen LogP contribution in [0.5, 0.6) is 0 Å². The smallest absolute Gasteiger partial charge is 0.142 e. The van der Waals surface area contributed by atoms with Gasteiger partial charge in [-0.1, -0.05) is 39.8 Å². The highest BCUT2D eigenvalue weighted by molar-refractivity contribution is 9.10. The lowest BCUT2D eigenvalue weighted by molar-refractivity contribution is 0.528. The first-order chi connectivity index (χ1) is 8.85. The van der Waals surface area contributed by atoms with Crippen LogP contribution in [0.1, 0.15) is 45.7 Å². The highest BCUT2D eigenvalue weighted by Crippen LogP contribution is 2.31. The summed E-state index contributed by atoms with van der Waals surface area (Å²) in [5.74, 6) is 0.724. The van der Waals surface area contributed by atoms with Crippen LogP contribution >= 0.6 is 27.7 Å². The largest absolute Gasteiger partial charge is 0.309 e. The van der Waals surface area contributed by atoms with Gasteiger partial charge in [0.25, 0.3) is 0 Å². The molecule has 1 rings (SSSR count). The summed E-state index contributed by atoms with van der Waals surface area (Å²) in [6.45, 7) is 9.59. The van der Waals surface area contributed by atoms with Crippen molar-refractivity contribution in [2.24, 2.45) is 0 Å². The van der Waals surface area contributed by atoms with E-state index in [0.29, 0.717) is 4.47 Å². The van der Waals surface area contributed by atoms with Crippen LogP contribution in [0.15, 0.2) is 22.7 Å². The van der Waals surface area contributed by atoms with Crippen molar-refractivity contribution < 1.29 is 4.39 Å². The molecule has 1 N–H and O–H groups in total. The van der Waals surface area contributed by atoms with Gasteiger partial charge in [0.2, 0.25) is 0 Å². The molecule has 0 aromatic heterocycles. The average molecular weight is 348 g/mol. The van der Waals surface area contributed by atoms with Gasteiger partial charge in [-0.2, -0.15) is 11.8 Å². The lowest BCUT2D eigenvalue weighted by Gasteiger charge is -2.24. The minimum atomic E-state index is -0.148. The number of benzene rings is 1. The molecule has 1 aromatic rings. The molecular weight excluding hydrogens is 325 g/mol. The number of hydrogen-bond donors (Lipinski definition) is 1. The fraction of sp³-hybridized carbons (Fsp3) is 0.600. The maximum Gasteiger partial charge on any atom is 0.142 e. The second-order valence-corrected chi connectivity index (χ2v) is 8.27. The topological polar surface area (TPSA) is 12.0 Å². The van der Waals surface area contributed by atoms with E-state index >= 15 is 0 Å². The van der Waals surface area contributed by atoms with Crippen molar-refractivity contribution in [1.82, 2.24) is 5.32 Å². The Kier molecular flexibility index (Phi) is 6.84. The van der Waals surface area contributed by atoms with Crippen LogP contribution < -0.4 is 5.32 Å². The number of rotatable bonds is 6. The summed E-state index contributed by atoms with van der Waals surface area (Å²) in [7, 11) is 0. The van der Waals surface area contributed by atoms with E-state index < -0.39 is 0 Å². The zero-order valence-corrected chi connectivity index (χ0v) is 14.5. The van der Waals surface area contributed by atoms with Gasteiger partial charge in [0, 0.05) is 22.1 Å². The molecule has 0 radical (unpaired) electrons. The van der Waals surface area contributed by atoms with Crippen molar-refractivity contribution in [2.75, 3.05) is 12.3 Å². The molecule has 0 heterocycles. The van der Waals surface area contributed by atoms with Crippen LogP contribution in [0, 0.1) is 5.82 Å². The Morgan fingerprint density at radius 1 is 1.37 bits per heavy atom. The van der Waals surface area contributed by atoms with Crippen LogP contribution in [0.25, 0.3) is 0 Å². The summed E-state index contributed by atoms with van der Waals surface area (Å²) in [6, 6.07) is 5.57. The van der Waals surface area contributed by atoms with Crippen molar-refractivity contribution >= 4 is 27.7 Å². The Balaban J connectivity index is 2.86. The van der Waals surface area contributed by atoms with Crippen molar-refractivity contribution in [3.63, 3.8) is 0 Å².